The molecular formula is C46H42N6. The van der Waals surface area contributed by atoms with E-state index in [-0.39, 0.29) is 6.17 Å². The molecule has 52 heavy (non-hydrogen) atoms. The van der Waals surface area contributed by atoms with Gasteiger partial charge in [-0.25, -0.2) is 15.0 Å². The fourth-order valence-electron chi connectivity index (χ4n) is 7.24. The van der Waals surface area contributed by atoms with Crippen LogP contribution >= 0.6 is 0 Å². The van der Waals surface area contributed by atoms with E-state index >= 15 is 0 Å². The Hall–Kier alpha value is -6.27. The third-order valence-electron chi connectivity index (χ3n) is 9.82. The Labute approximate surface area is 305 Å². The van der Waals surface area contributed by atoms with Crippen molar-refractivity contribution in [2.45, 2.75) is 46.2 Å². The van der Waals surface area contributed by atoms with Gasteiger partial charge in [0.1, 0.15) is 17.6 Å². The van der Waals surface area contributed by atoms with E-state index < -0.39 is 0 Å². The zero-order valence-electron chi connectivity index (χ0n) is 29.9. The number of aromatic nitrogens is 2. The molecule has 0 fully saturated rings. The monoisotopic (exact) mass is 678 g/mol. The first-order chi connectivity index (χ1) is 25.7. The van der Waals surface area contributed by atoms with Crippen molar-refractivity contribution in [3.8, 4) is 0 Å². The standard InChI is InChI=1S/C44H36N6.C2H6/c1-30-46-42(38-17-6-5-13-36(38)29-45-40-18-7-9-26-49(30)40)34-24-21-32(22-25-34)31-14-11-15-33(23-20-31)43-37-16-4-2-3-12-35(37)28-39-44(48-43)50-27-10-8-19-41(50)47-39;1-2/h2-13,15,17-27,29,40,45H,14,16,28H2,1H3;1-2H3/b36-29+,42-38-,46-30?;. The molecule has 2 aliphatic carbocycles. The summed E-state index contributed by atoms with van der Waals surface area (Å²) in [5.41, 5.74) is 11.1. The van der Waals surface area contributed by atoms with Crippen LogP contribution in [0.2, 0.25) is 0 Å². The Morgan fingerprint density at radius 2 is 1.63 bits per heavy atom. The van der Waals surface area contributed by atoms with Gasteiger partial charge < -0.3 is 10.2 Å². The fourth-order valence-corrected chi connectivity index (χ4v) is 7.24. The minimum atomic E-state index is 0.00975. The average Bonchev–Trinajstić information content (AvgIpc) is 3.39. The lowest BCUT2D eigenvalue weighted by molar-refractivity contribution is 0.434. The maximum atomic E-state index is 5.36. The van der Waals surface area contributed by atoms with Gasteiger partial charge in [0.25, 0.3) is 0 Å². The first kappa shape index (κ1) is 32.9. The van der Waals surface area contributed by atoms with Crippen LogP contribution in [0.1, 0.15) is 50.4 Å². The van der Waals surface area contributed by atoms with Crippen molar-refractivity contribution in [1.82, 2.24) is 19.6 Å². The van der Waals surface area contributed by atoms with Crippen molar-refractivity contribution in [3.63, 3.8) is 0 Å². The minimum Gasteiger partial charge on any atom is -0.367 e. The van der Waals surface area contributed by atoms with Crippen molar-refractivity contribution in [2.75, 3.05) is 0 Å². The molecule has 2 aromatic heterocycles. The topological polar surface area (TPSA) is 57.3 Å². The van der Waals surface area contributed by atoms with Gasteiger partial charge in [-0.15, -0.1) is 0 Å². The highest BCUT2D eigenvalue weighted by molar-refractivity contribution is 6.16. The summed E-state index contributed by atoms with van der Waals surface area (Å²) in [6, 6.07) is 23.4. The van der Waals surface area contributed by atoms with Gasteiger partial charge in [-0.3, -0.25) is 4.40 Å². The van der Waals surface area contributed by atoms with Crippen molar-refractivity contribution < 1.29 is 0 Å². The third-order valence-corrected chi connectivity index (χ3v) is 9.82. The van der Waals surface area contributed by atoms with Gasteiger partial charge in [0.2, 0.25) is 0 Å². The van der Waals surface area contributed by atoms with E-state index in [2.05, 4.69) is 149 Å². The van der Waals surface area contributed by atoms with Gasteiger partial charge in [0.15, 0.2) is 5.82 Å². The molecule has 1 atom stereocenters. The zero-order chi connectivity index (χ0) is 35.4. The Kier molecular flexibility index (Phi) is 9.19. The van der Waals surface area contributed by atoms with Crippen LogP contribution in [0.5, 0.6) is 0 Å². The van der Waals surface area contributed by atoms with Crippen LogP contribution in [0.3, 0.4) is 0 Å². The lowest BCUT2D eigenvalue weighted by atomic mass is 9.93. The van der Waals surface area contributed by atoms with Crippen LogP contribution in [0.4, 0.5) is 5.82 Å². The first-order valence-electron chi connectivity index (χ1n) is 18.2. The summed E-state index contributed by atoms with van der Waals surface area (Å²) in [7, 11) is 0. The Morgan fingerprint density at radius 1 is 0.788 bits per heavy atom. The Balaban J connectivity index is 0.00000190. The lowest BCUT2D eigenvalue weighted by Crippen LogP contribution is -2.43. The van der Waals surface area contributed by atoms with E-state index in [0.717, 1.165) is 75.2 Å². The van der Waals surface area contributed by atoms with Crippen molar-refractivity contribution in [1.29, 1.82) is 0 Å². The molecular weight excluding hydrogens is 637 g/mol. The summed E-state index contributed by atoms with van der Waals surface area (Å²) in [5.74, 6) is 1.84. The van der Waals surface area contributed by atoms with Gasteiger partial charge in [-0.1, -0.05) is 123 Å². The summed E-state index contributed by atoms with van der Waals surface area (Å²) in [5, 5.41) is 5.77. The molecule has 0 amide bonds. The van der Waals surface area contributed by atoms with Gasteiger partial charge >= 0.3 is 0 Å². The number of imidazole rings is 1. The first-order valence-corrected chi connectivity index (χ1v) is 18.2. The SMILES string of the molecule is CC.CC1=N/C(c2ccc(C3=CC=C(C4=Nc5c(nc6ccccn56)CC5=C4CC=CC=C5)C=CC3)cc2)=c2/cccc/c2=C\NC2C=CC=CN12. The normalized spacial score (nSPS) is 20.6. The largest absolute Gasteiger partial charge is 0.367 e. The number of pyridine rings is 1. The van der Waals surface area contributed by atoms with Crippen LogP contribution in [-0.2, 0) is 6.42 Å². The molecule has 1 unspecified atom stereocenters. The van der Waals surface area contributed by atoms with Gasteiger partial charge in [0.05, 0.1) is 17.1 Å². The zero-order valence-corrected chi connectivity index (χ0v) is 29.9. The molecule has 0 radical (unpaired) electrons. The molecule has 4 aromatic rings. The van der Waals surface area contributed by atoms with Crippen LogP contribution in [0.25, 0.3) is 23.1 Å². The van der Waals surface area contributed by atoms with E-state index in [4.69, 9.17) is 15.0 Å². The Bertz CT molecular complexity index is 2490. The highest BCUT2D eigenvalue weighted by Gasteiger charge is 2.24. The molecule has 1 N–H and O–H groups in total. The molecule has 0 bridgehead atoms. The van der Waals surface area contributed by atoms with E-state index in [0.29, 0.717) is 0 Å². The molecule has 6 nitrogen and oxygen atoms in total. The molecule has 2 aromatic carbocycles. The fraction of sp³-hybridized carbons (Fsp3) is 0.152. The lowest BCUT2D eigenvalue weighted by Gasteiger charge is -2.29. The van der Waals surface area contributed by atoms with Crippen molar-refractivity contribution in [2.24, 2.45) is 9.98 Å². The highest BCUT2D eigenvalue weighted by atomic mass is 15.3. The van der Waals surface area contributed by atoms with E-state index in [1.165, 1.54) is 22.3 Å². The molecule has 0 saturated heterocycles. The number of benzene rings is 2. The highest BCUT2D eigenvalue weighted by Crippen LogP contribution is 2.35. The number of aliphatic imine (C=N–C) groups is 2. The van der Waals surface area contributed by atoms with Crippen molar-refractivity contribution in [3.05, 3.63) is 190 Å². The number of amidine groups is 1. The minimum absolute atomic E-state index is 0.00975. The second-order valence-corrected chi connectivity index (χ2v) is 12.9. The number of nitrogens with one attached hydrogen (secondary N) is 1. The summed E-state index contributed by atoms with van der Waals surface area (Å²) in [4.78, 5) is 17.7. The van der Waals surface area contributed by atoms with E-state index in [1.807, 2.05) is 38.1 Å². The van der Waals surface area contributed by atoms with Crippen LogP contribution < -0.4 is 15.8 Å². The molecule has 6 heteroatoms. The second kappa shape index (κ2) is 14.5. The summed E-state index contributed by atoms with van der Waals surface area (Å²) >= 11 is 0. The van der Waals surface area contributed by atoms with Crippen LogP contribution in [0, 0.1) is 0 Å². The maximum absolute atomic E-state index is 5.36. The smallest absolute Gasteiger partial charge is 0.161 e. The van der Waals surface area contributed by atoms with E-state index in [1.54, 1.807) is 0 Å². The van der Waals surface area contributed by atoms with E-state index in [9.17, 15) is 0 Å². The van der Waals surface area contributed by atoms with Crippen LogP contribution in [-0.4, -0.2) is 32.0 Å². The summed E-state index contributed by atoms with van der Waals surface area (Å²) in [6.45, 7) is 6.07. The van der Waals surface area contributed by atoms with Gasteiger partial charge in [-0.05, 0) is 71.6 Å². The predicted molar refractivity (Wildman–Crippen MR) is 216 cm³/mol. The third kappa shape index (κ3) is 6.28. The molecule has 256 valence electrons. The summed E-state index contributed by atoms with van der Waals surface area (Å²) < 4.78 is 2.11. The molecule has 5 heterocycles. The van der Waals surface area contributed by atoms with Gasteiger partial charge in [-0.2, -0.15) is 0 Å². The number of rotatable bonds is 3. The molecule has 5 aliphatic rings. The molecule has 0 spiro atoms. The number of allylic oxidation sites excluding steroid dienone is 14. The van der Waals surface area contributed by atoms with Crippen LogP contribution in [0.15, 0.2) is 173 Å². The van der Waals surface area contributed by atoms with Crippen molar-refractivity contribution >= 4 is 40.5 Å². The van der Waals surface area contributed by atoms with Gasteiger partial charge in [0, 0.05) is 41.4 Å². The molecule has 9 rings (SSSR count). The average molecular weight is 679 g/mol. The second-order valence-electron chi connectivity index (χ2n) is 12.9. The number of hydrogen-bond donors (Lipinski definition) is 1. The maximum Gasteiger partial charge on any atom is 0.161 e. The Morgan fingerprint density at radius 3 is 2.54 bits per heavy atom. The molecule has 0 saturated carbocycles. The number of nitrogens with zero attached hydrogens (tertiary/aromatic N) is 5. The predicted octanol–water partition coefficient (Wildman–Crippen LogP) is 8.40. The molecule has 3 aliphatic heterocycles. The quantitative estimate of drug-likeness (QED) is 0.237. The summed E-state index contributed by atoms with van der Waals surface area (Å²) in [6.07, 6.45) is 32.6. The number of hydrogen-bond acceptors (Lipinski definition) is 5. The number of fused-ring (bicyclic) bond motifs is 5.